The third-order valence-corrected chi connectivity index (χ3v) is 4.08. The minimum atomic E-state index is 0.673. The van der Waals surface area contributed by atoms with Crippen molar-refractivity contribution in [1.29, 1.82) is 0 Å². The predicted octanol–water partition coefficient (Wildman–Crippen LogP) is 4.62. The fourth-order valence-electron chi connectivity index (χ4n) is 3.00. The third-order valence-electron chi connectivity index (χ3n) is 4.08. The molecule has 1 nitrogen and oxygen atoms in total. The van der Waals surface area contributed by atoms with Crippen molar-refractivity contribution in [3.8, 4) is 0 Å². The minimum absolute atomic E-state index is 0.673. The van der Waals surface area contributed by atoms with Gasteiger partial charge in [0.05, 0.1) is 0 Å². The summed E-state index contributed by atoms with van der Waals surface area (Å²) in [5.74, 6) is 1.63. The smallest absolute Gasteiger partial charge is 0.0342 e. The van der Waals surface area contributed by atoms with Crippen molar-refractivity contribution in [2.75, 3.05) is 5.32 Å². The molecule has 0 spiro atoms. The number of rotatable bonds is 3. The summed E-state index contributed by atoms with van der Waals surface area (Å²) in [5, 5.41) is 3.74. The molecular formula is C16H25N. The van der Waals surface area contributed by atoms with Gasteiger partial charge in [0.2, 0.25) is 0 Å². The number of aryl methyl sites for hydroxylation is 1. The Morgan fingerprint density at radius 3 is 2.35 bits per heavy atom. The van der Waals surface area contributed by atoms with E-state index < -0.39 is 0 Å². The van der Waals surface area contributed by atoms with Gasteiger partial charge >= 0.3 is 0 Å². The topological polar surface area (TPSA) is 12.0 Å². The lowest BCUT2D eigenvalue weighted by Gasteiger charge is -2.35. The van der Waals surface area contributed by atoms with Gasteiger partial charge in [-0.2, -0.15) is 0 Å². The van der Waals surface area contributed by atoms with Crippen molar-refractivity contribution in [2.24, 2.45) is 11.8 Å². The quantitative estimate of drug-likeness (QED) is 0.800. The number of anilines is 1. The molecule has 0 radical (unpaired) electrons. The minimum Gasteiger partial charge on any atom is -0.382 e. The van der Waals surface area contributed by atoms with Crippen molar-refractivity contribution < 1.29 is 0 Å². The first kappa shape index (κ1) is 12.5. The first-order chi connectivity index (χ1) is 8.16. The molecule has 0 aromatic heterocycles. The van der Waals surface area contributed by atoms with E-state index in [1.807, 2.05) is 0 Å². The maximum Gasteiger partial charge on any atom is 0.0342 e. The van der Waals surface area contributed by atoms with E-state index in [1.165, 1.54) is 36.9 Å². The summed E-state index contributed by atoms with van der Waals surface area (Å²) in [6, 6.07) is 9.47. The van der Waals surface area contributed by atoms with Crippen LogP contribution < -0.4 is 5.32 Å². The van der Waals surface area contributed by atoms with E-state index in [0.717, 1.165) is 11.8 Å². The van der Waals surface area contributed by atoms with Crippen molar-refractivity contribution in [3.63, 3.8) is 0 Å². The van der Waals surface area contributed by atoms with Gasteiger partial charge in [-0.15, -0.1) is 0 Å². The Balaban J connectivity index is 2.02. The van der Waals surface area contributed by atoms with E-state index in [0.29, 0.717) is 6.04 Å². The molecule has 2 unspecified atom stereocenters. The van der Waals surface area contributed by atoms with Gasteiger partial charge in [-0.3, -0.25) is 0 Å². The van der Waals surface area contributed by atoms with Crippen LogP contribution in [0, 0.1) is 18.8 Å². The Bertz CT molecular complexity index is 339. The average molecular weight is 231 g/mol. The molecule has 1 aliphatic rings. The summed E-state index contributed by atoms with van der Waals surface area (Å²) >= 11 is 0. The van der Waals surface area contributed by atoms with Crippen LogP contribution in [-0.4, -0.2) is 6.04 Å². The summed E-state index contributed by atoms with van der Waals surface area (Å²) in [7, 11) is 0. The Hall–Kier alpha value is -0.980. The highest BCUT2D eigenvalue weighted by molar-refractivity contribution is 5.45. The lowest BCUT2D eigenvalue weighted by molar-refractivity contribution is 0.254. The molecule has 1 N–H and O–H groups in total. The zero-order valence-electron chi connectivity index (χ0n) is 11.4. The molecule has 1 heteroatoms. The monoisotopic (exact) mass is 231 g/mol. The maximum atomic E-state index is 3.74. The van der Waals surface area contributed by atoms with Gasteiger partial charge in [0.15, 0.2) is 0 Å². The van der Waals surface area contributed by atoms with E-state index in [-0.39, 0.29) is 0 Å². The Morgan fingerprint density at radius 1 is 1.06 bits per heavy atom. The van der Waals surface area contributed by atoms with Crippen LogP contribution in [-0.2, 0) is 0 Å². The highest BCUT2D eigenvalue weighted by Gasteiger charge is 2.27. The molecule has 0 saturated heterocycles. The molecule has 17 heavy (non-hydrogen) atoms. The fourth-order valence-corrected chi connectivity index (χ4v) is 3.00. The lowest BCUT2D eigenvalue weighted by atomic mass is 9.78. The molecule has 2 atom stereocenters. The highest BCUT2D eigenvalue weighted by Crippen LogP contribution is 2.32. The predicted molar refractivity (Wildman–Crippen MR) is 75.4 cm³/mol. The van der Waals surface area contributed by atoms with Crippen LogP contribution >= 0.6 is 0 Å². The molecular weight excluding hydrogens is 206 g/mol. The first-order valence-electron chi connectivity index (χ1n) is 7.00. The molecule has 1 aromatic rings. The van der Waals surface area contributed by atoms with Gasteiger partial charge < -0.3 is 5.32 Å². The number of benzene rings is 1. The van der Waals surface area contributed by atoms with Crippen LogP contribution in [0.2, 0.25) is 0 Å². The van der Waals surface area contributed by atoms with Gasteiger partial charge in [0.25, 0.3) is 0 Å². The fraction of sp³-hybridized carbons (Fsp3) is 0.625. The summed E-state index contributed by atoms with van der Waals surface area (Å²) in [4.78, 5) is 0. The maximum absolute atomic E-state index is 3.74. The van der Waals surface area contributed by atoms with Gasteiger partial charge in [-0.1, -0.05) is 44.4 Å². The second-order valence-corrected chi connectivity index (χ2v) is 5.81. The first-order valence-corrected chi connectivity index (χ1v) is 7.00. The number of hydrogen-bond acceptors (Lipinski definition) is 1. The molecule has 0 bridgehead atoms. The highest BCUT2D eigenvalue weighted by atomic mass is 14.9. The van der Waals surface area contributed by atoms with Gasteiger partial charge in [-0.25, -0.2) is 0 Å². The Labute approximate surface area is 106 Å². The standard InChI is InChI=1S/C16H25N/c1-12(2)15-6-4-5-7-16(15)17-14-10-8-13(3)9-11-14/h8-12,15-17H,4-7H2,1-3H3. The van der Waals surface area contributed by atoms with Crippen LogP contribution in [0.15, 0.2) is 24.3 Å². The summed E-state index contributed by atoms with van der Waals surface area (Å²) in [6.45, 7) is 6.86. The second kappa shape index (κ2) is 5.57. The van der Waals surface area contributed by atoms with Crippen LogP contribution in [0.3, 0.4) is 0 Å². The molecule has 1 fully saturated rings. The number of nitrogens with one attached hydrogen (secondary N) is 1. The zero-order valence-corrected chi connectivity index (χ0v) is 11.4. The van der Waals surface area contributed by atoms with Crippen molar-refractivity contribution in [1.82, 2.24) is 0 Å². The van der Waals surface area contributed by atoms with Gasteiger partial charge in [0.1, 0.15) is 0 Å². The molecule has 2 rings (SSSR count). The van der Waals surface area contributed by atoms with E-state index in [1.54, 1.807) is 0 Å². The lowest BCUT2D eigenvalue weighted by Crippen LogP contribution is -2.35. The third kappa shape index (κ3) is 3.24. The van der Waals surface area contributed by atoms with Crippen molar-refractivity contribution in [3.05, 3.63) is 29.8 Å². The largest absolute Gasteiger partial charge is 0.382 e. The van der Waals surface area contributed by atoms with E-state index in [4.69, 9.17) is 0 Å². The molecule has 1 aliphatic carbocycles. The summed E-state index contributed by atoms with van der Waals surface area (Å²) < 4.78 is 0. The summed E-state index contributed by atoms with van der Waals surface area (Å²) in [6.07, 6.45) is 5.51. The van der Waals surface area contributed by atoms with E-state index in [2.05, 4.69) is 50.4 Å². The second-order valence-electron chi connectivity index (χ2n) is 5.81. The average Bonchev–Trinajstić information content (AvgIpc) is 2.32. The van der Waals surface area contributed by atoms with Crippen LogP contribution in [0.4, 0.5) is 5.69 Å². The SMILES string of the molecule is Cc1ccc(NC2CCCCC2C(C)C)cc1. The van der Waals surface area contributed by atoms with Gasteiger partial charge in [0, 0.05) is 11.7 Å². The van der Waals surface area contributed by atoms with Crippen LogP contribution in [0.1, 0.15) is 45.1 Å². The molecule has 0 amide bonds. The molecule has 0 heterocycles. The molecule has 1 saturated carbocycles. The Morgan fingerprint density at radius 2 is 1.71 bits per heavy atom. The van der Waals surface area contributed by atoms with Crippen LogP contribution in [0.25, 0.3) is 0 Å². The van der Waals surface area contributed by atoms with E-state index in [9.17, 15) is 0 Å². The van der Waals surface area contributed by atoms with Crippen molar-refractivity contribution in [2.45, 2.75) is 52.5 Å². The molecule has 94 valence electrons. The zero-order chi connectivity index (χ0) is 12.3. The summed E-state index contributed by atoms with van der Waals surface area (Å²) in [5.41, 5.74) is 2.62. The van der Waals surface area contributed by atoms with Crippen molar-refractivity contribution >= 4 is 5.69 Å². The molecule has 0 aliphatic heterocycles. The number of hydrogen-bond donors (Lipinski definition) is 1. The molecule has 1 aromatic carbocycles. The van der Waals surface area contributed by atoms with E-state index >= 15 is 0 Å². The van der Waals surface area contributed by atoms with Crippen LogP contribution in [0.5, 0.6) is 0 Å². The normalized spacial score (nSPS) is 24.9. The Kier molecular flexibility index (Phi) is 4.09. The van der Waals surface area contributed by atoms with Gasteiger partial charge in [-0.05, 0) is 43.7 Å².